The van der Waals surface area contributed by atoms with Gasteiger partial charge in [-0.1, -0.05) is 0 Å². The fourth-order valence-electron chi connectivity index (χ4n) is 1.70. The topological polar surface area (TPSA) is 139 Å². The molecule has 4 N–H and O–H groups in total. The standard InChI is InChI=1S/C8H8N6O4/c15-7-4-5(11-8(16)12-7)9-3-1-13(17)2-14(18)6(3)10-4/h17-18H,1-2H2,(H2,9,11,12,15,16). The van der Waals surface area contributed by atoms with Crippen LogP contribution in [-0.4, -0.2) is 52.3 Å². The van der Waals surface area contributed by atoms with Crippen LogP contribution in [0.25, 0.3) is 11.2 Å². The van der Waals surface area contributed by atoms with Crippen molar-refractivity contribution in [2.45, 2.75) is 6.54 Å². The van der Waals surface area contributed by atoms with Gasteiger partial charge >= 0.3 is 6.01 Å². The highest BCUT2D eigenvalue weighted by molar-refractivity contribution is 5.77. The summed E-state index contributed by atoms with van der Waals surface area (Å²) in [5, 5.41) is 39.1. The molecule has 3 rings (SSSR count). The number of rotatable bonds is 0. The molecule has 0 bridgehead atoms. The number of anilines is 1. The molecule has 0 saturated carbocycles. The maximum absolute atomic E-state index is 9.59. The summed E-state index contributed by atoms with van der Waals surface area (Å²) < 4.78 is 0. The van der Waals surface area contributed by atoms with Crippen LogP contribution < -0.4 is 5.06 Å². The Bertz CT molecular complexity index is 635. The molecule has 0 amide bonds. The molecule has 0 aliphatic carbocycles. The summed E-state index contributed by atoms with van der Waals surface area (Å²) in [6.45, 7) is -0.117. The van der Waals surface area contributed by atoms with Crippen molar-refractivity contribution < 1.29 is 20.6 Å². The van der Waals surface area contributed by atoms with Crippen molar-refractivity contribution in [3.05, 3.63) is 5.69 Å². The normalized spacial score (nSPS) is 16.0. The first-order chi connectivity index (χ1) is 8.54. The molecule has 94 valence electrons. The molecule has 1 aliphatic heterocycles. The smallest absolute Gasteiger partial charge is 0.319 e. The van der Waals surface area contributed by atoms with Gasteiger partial charge in [0.25, 0.3) is 0 Å². The van der Waals surface area contributed by atoms with Crippen LogP contribution in [0.2, 0.25) is 0 Å². The average Bonchev–Trinajstić information content (AvgIpc) is 2.26. The Kier molecular flexibility index (Phi) is 2.16. The van der Waals surface area contributed by atoms with Crippen molar-refractivity contribution in [3.63, 3.8) is 0 Å². The van der Waals surface area contributed by atoms with Crippen LogP contribution in [0.5, 0.6) is 11.9 Å². The SMILES string of the molecule is Oc1nc(O)c2nc3c(nc2n1)CN(O)CN3O. The maximum Gasteiger partial charge on any atom is 0.319 e. The summed E-state index contributed by atoms with van der Waals surface area (Å²) in [6, 6.07) is -0.633. The summed E-state index contributed by atoms with van der Waals surface area (Å²) >= 11 is 0. The van der Waals surface area contributed by atoms with Gasteiger partial charge in [-0.15, -0.1) is 0 Å². The number of hydrogen-bond acceptors (Lipinski definition) is 10. The summed E-state index contributed by atoms with van der Waals surface area (Å²) in [5.41, 5.74) is 0.190. The van der Waals surface area contributed by atoms with Gasteiger partial charge in [0.1, 0.15) is 12.4 Å². The second-order valence-electron chi connectivity index (χ2n) is 3.72. The molecule has 2 aromatic rings. The van der Waals surface area contributed by atoms with E-state index < -0.39 is 11.9 Å². The Morgan fingerprint density at radius 2 is 1.78 bits per heavy atom. The zero-order chi connectivity index (χ0) is 12.9. The van der Waals surface area contributed by atoms with Crippen LogP contribution in [-0.2, 0) is 6.54 Å². The van der Waals surface area contributed by atoms with Gasteiger partial charge in [0.05, 0.1) is 6.54 Å². The highest BCUT2D eigenvalue weighted by Gasteiger charge is 2.25. The van der Waals surface area contributed by atoms with Crippen LogP contribution in [0.4, 0.5) is 5.82 Å². The summed E-state index contributed by atoms with van der Waals surface area (Å²) in [4.78, 5) is 14.9. The second-order valence-corrected chi connectivity index (χ2v) is 3.72. The molecule has 10 nitrogen and oxygen atoms in total. The van der Waals surface area contributed by atoms with E-state index in [9.17, 15) is 15.5 Å². The van der Waals surface area contributed by atoms with Crippen LogP contribution in [0.1, 0.15) is 5.69 Å². The van der Waals surface area contributed by atoms with E-state index in [4.69, 9.17) is 5.11 Å². The molecule has 0 fully saturated rings. The molecular formula is C8H8N6O4. The molecule has 0 unspecified atom stereocenters. The Labute approximate surface area is 99.3 Å². The molecule has 10 heteroatoms. The fraction of sp³-hybridized carbons (Fsp3) is 0.250. The lowest BCUT2D eigenvalue weighted by Crippen LogP contribution is -2.39. The van der Waals surface area contributed by atoms with Gasteiger partial charge in [-0.3, -0.25) is 5.21 Å². The van der Waals surface area contributed by atoms with Gasteiger partial charge < -0.3 is 15.4 Å². The summed E-state index contributed by atoms with van der Waals surface area (Å²) in [6.07, 6.45) is 0. The van der Waals surface area contributed by atoms with Crippen molar-refractivity contribution in [3.8, 4) is 11.9 Å². The van der Waals surface area contributed by atoms with Gasteiger partial charge in [-0.25, -0.2) is 15.0 Å². The molecule has 0 spiro atoms. The van der Waals surface area contributed by atoms with Crippen molar-refractivity contribution >= 4 is 17.0 Å². The van der Waals surface area contributed by atoms with E-state index in [1.54, 1.807) is 0 Å². The third kappa shape index (κ3) is 1.55. The number of hydrogen-bond donors (Lipinski definition) is 4. The van der Waals surface area contributed by atoms with E-state index in [2.05, 4.69) is 19.9 Å². The van der Waals surface area contributed by atoms with E-state index in [0.29, 0.717) is 5.06 Å². The molecule has 1 aliphatic rings. The number of nitrogens with zero attached hydrogens (tertiary/aromatic N) is 6. The first-order valence-corrected chi connectivity index (χ1v) is 4.91. The van der Waals surface area contributed by atoms with Crippen LogP contribution in [0.3, 0.4) is 0 Å². The molecule has 0 radical (unpaired) electrons. The molecule has 0 atom stereocenters. The van der Waals surface area contributed by atoms with Crippen molar-refractivity contribution in [2.24, 2.45) is 0 Å². The third-order valence-electron chi connectivity index (χ3n) is 2.43. The van der Waals surface area contributed by atoms with Crippen molar-refractivity contribution in [1.82, 2.24) is 25.0 Å². The lowest BCUT2D eigenvalue weighted by molar-refractivity contribution is -0.118. The second kappa shape index (κ2) is 3.60. The molecule has 2 aromatic heterocycles. The van der Waals surface area contributed by atoms with Crippen LogP contribution in [0, 0.1) is 0 Å². The molecule has 18 heavy (non-hydrogen) atoms. The Morgan fingerprint density at radius 3 is 2.56 bits per heavy atom. The van der Waals surface area contributed by atoms with E-state index in [1.165, 1.54) is 0 Å². The van der Waals surface area contributed by atoms with Gasteiger partial charge in [-0.05, 0) is 0 Å². The van der Waals surface area contributed by atoms with Crippen LogP contribution in [0.15, 0.2) is 0 Å². The Hall–Kier alpha value is -2.30. The van der Waals surface area contributed by atoms with Gasteiger partial charge in [0, 0.05) is 0 Å². The van der Waals surface area contributed by atoms with E-state index in [-0.39, 0.29) is 35.9 Å². The first-order valence-electron chi connectivity index (χ1n) is 4.91. The monoisotopic (exact) mass is 252 g/mol. The number of aromatic hydroxyl groups is 2. The fourth-order valence-corrected chi connectivity index (χ4v) is 1.70. The van der Waals surface area contributed by atoms with Crippen molar-refractivity contribution in [2.75, 3.05) is 11.7 Å². The highest BCUT2D eigenvalue weighted by Crippen LogP contribution is 2.27. The average molecular weight is 252 g/mol. The number of aromatic nitrogens is 4. The molecule has 0 saturated heterocycles. The summed E-state index contributed by atoms with van der Waals surface area (Å²) in [7, 11) is 0. The lowest BCUT2D eigenvalue weighted by atomic mass is 10.3. The van der Waals surface area contributed by atoms with Crippen LogP contribution >= 0.6 is 0 Å². The molecule has 3 heterocycles. The zero-order valence-corrected chi connectivity index (χ0v) is 8.89. The van der Waals surface area contributed by atoms with E-state index >= 15 is 0 Å². The largest absolute Gasteiger partial charge is 0.492 e. The van der Waals surface area contributed by atoms with Gasteiger partial charge in [0.2, 0.25) is 5.88 Å². The summed E-state index contributed by atoms with van der Waals surface area (Å²) in [5.74, 6) is -0.440. The number of fused-ring (bicyclic) bond motifs is 2. The Morgan fingerprint density at radius 1 is 1.00 bits per heavy atom. The van der Waals surface area contributed by atoms with E-state index in [0.717, 1.165) is 5.06 Å². The number of hydroxylamine groups is 3. The predicted molar refractivity (Wildman–Crippen MR) is 54.9 cm³/mol. The van der Waals surface area contributed by atoms with E-state index in [1.807, 2.05) is 0 Å². The quantitative estimate of drug-likeness (QED) is 0.470. The first kappa shape index (κ1) is 10.8. The maximum atomic E-state index is 9.59. The minimum atomic E-state index is -0.633. The van der Waals surface area contributed by atoms with Crippen molar-refractivity contribution in [1.29, 1.82) is 0 Å². The zero-order valence-electron chi connectivity index (χ0n) is 8.89. The van der Waals surface area contributed by atoms with Gasteiger partial charge in [0.15, 0.2) is 17.0 Å². The third-order valence-corrected chi connectivity index (χ3v) is 2.43. The lowest BCUT2D eigenvalue weighted by Gasteiger charge is -2.28. The van der Waals surface area contributed by atoms with Gasteiger partial charge in [-0.2, -0.15) is 15.0 Å². The predicted octanol–water partition coefficient (Wildman–Crippen LogP) is -0.811. The molecular weight excluding hydrogens is 244 g/mol. The molecule has 0 aromatic carbocycles. The highest BCUT2D eigenvalue weighted by atomic mass is 16.5. The minimum absolute atomic E-state index is 0.0255. The Balaban J connectivity index is 2.27. The minimum Gasteiger partial charge on any atom is -0.492 e.